The lowest BCUT2D eigenvalue weighted by Gasteiger charge is -2.37. The van der Waals surface area contributed by atoms with Crippen molar-refractivity contribution in [1.29, 1.82) is 0 Å². The molecule has 0 radical (unpaired) electrons. The smallest absolute Gasteiger partial charge is 0.237 e. The number of rotatable bonds is 7. The van der Waals surface area contributed by atoms with Gasteiger partial charge in [-0.25, -0.2) is 0 Å². The molecule has 0 bridgehead atoms. The van der Waals surface area contributed by atoms with Gasteiger partial charge in [0.05, 0.1) is 5.54 Å². The van der Waals surface area contributed by atoms with Gasteiger partial charge >= 0.3 is 0 Å². The molecular formula is C14H30N4O. The van der Waals surface area contributed by atoms with Crippen LogP contribution in [0.1, 0.15) is 40.0 Å². The van der Waals surface area contributed by atoms with Gasteiger partial charge in [0, 0.05) is 32.2 Å². The molecule has 1 unspecified atom stereocenters. The van der Waals surface area contributed by atoms with Crippen molar-refractivity contribution in [2.24, 2.45) is 11.5 Å². The largest absolute Gasteiger partial charge is 0.368 e. The second-order valence-electron chi connectivity index (χ2n) is 6.21. The van der Waals surface area contributed by atoms with E-state index in [1.165, 1.54) is 0 Å². The van der Waals surface area contributed by atoms with E-state index in [0.717, 1.165) is 45.6 Å². The van der Waals surface area contributed by atoms with Gasteiger partial charge in [0.25, 0.3) is 0 Å². The van der Waals surface area contributed by atoms with E-state index in [0.29, 0.717) is 12.5 Å². The van der Waals surface area contributed by atoms with Crippen LogP contribution in [0.3, 0.4) is 0 Å². The van der Waals surface area contributed by atoms with E-state index in [1.807, 2.05) is 0 Å². The second-order valence-corrected chi connectivity index (χ2v) is 6.21. The Hall–Kier alpha value is -0.650. The molecule has 5 nitrogen and oxygen atoms in total. The van der Waals surface area contributed by atoms with Crippen molar-refractivity contribution in [3.63, 3.8) is 0 Å². The van der Waals surface area contributed by atoms with E-state index < -0.39 is 11.4 Å². The molecule has 1 heterocycles. The highest BCUT2D eigenvalue weighted by Gasteiger charge is 2.25. The monoisotopic (exact) mass is 270 g/mol. The van der Waals surface area contributed by atoms with Crippen LogP contribution in [0.2, 0.25) is 0 Å². The molecule has 1 saturated heterocycles. The maximum atomic E-state index is 11.1. The van der Waals surface area contributed by atoms with Crippen molar-refractivity contribution in [3.05, 3.63) is 0 Å². The van der Waals surface area contributed by atoms with Crippen LogP contribution >= 0.6 is 0 Å². The van der Waals surface area contributed by atoms with Gasteiger partial charge in [0.1, 0.15) is 0 Å². The van der Waals surface area contributed by atoms with Crippen LogP contribution in [0.5, 0.6) is 0 Å². The second kappa shape index (κ2) is 7.22. The first kappa shape index (κ1) is 16.4. The van der Waals surface area contributed by atoms with Gasteiger partial charge in [-0.3, -0.25) is 9.69 Å². The molecule has 1 amide bonds. The number of hydrogen-bond acceptors (Lipinski definition) is 4. The van der Waals surface area contributed by atoms with Gasteiger partial charge in [-0.15, -0.1) is 0 Å². The minimum atomic E-state index is -0.851. The van der Waals surface area contributed by atoms with Crippen LogP contribution in [0.4, 0.5) is 0 Å². The van der Waals surface area contributed by atoms with Gasteiger partial charge in [-0.2, -0.15) is 0 Å². The molecule has 1 rings (SSSR count). The summed E-state index contributed by atoms with van der Waals surface area (Å²) in [7, 11) is 0. The summed E-state index contributed by atoms with van der Waals surface area (Å²) in [6.45, 7) is 11.9. The zero-order chi connectivity index (χ0) is 14.5. The molecule has 5 heteroatoms. The number of unbranched alkanes of at least 4 members (excludes halogenated alkanes) is 1. The molecule has 0 aliphatic carbocycles. The fourth-order valence-electron chi connectivity index (χ4n) is 2.45. The molecule has 112 valence electrons. The summed E-state index contributed by atoms with van der Waals surface area (Å²) in [5.74, 6) is -0.405. The Bertz CT molecular complexity index is 283. The molecule has 1 atom stereocenters. The predicted octanol–water partition coefficient (Wildman–Crippen LogP) is 0.385. The molecule has 1 aliphatic heterocycles. The Balaban J connectivity index is 2.13. The minimum Gasteiger partial charge on any atom is -0.368 e. The predicted molar refractivity (Wildman–Crippen MR) is 78.8 cm³/mol. The fraction of sp³-hybridized carbons (Fsp3) is 0.929. The Kier molecular flexibility index (Phi) is 6.23. The Morgan fingerprint density at radius 1 is 1.21 bits per heavy atom. The molecule has 0 aromatic rings. The summed E-state index contributed by atoms with van der Waals surface area (Å²) in [4.78, 5) is 16.1. The number of hydrogen-bond donors (Lipinski definition) is 2. The van der Waals surface area contributed by atoms with Gasteiger partial charge in [-0.05, 0) is 46.6 Å². The van der Waals surface area contributed by atoms with Crippen molar-refractivity contribution >= 4 is 5.91 Å². The first-order chi connectivity index (χ1) is 8.83. The van der Waals surface area contributed by atoms with E-state index in [1.54, 1.807) is 6.92 Å². The summed E-state index contributed by atoms with van der Waals surface area (Å²) in [5.41, 5.74) is 10.2. The molecule has 0 saturated carbocycles. The fourth-order valence-corrected chi connectivity index (χ4v) is 2.45. The molecule has 1 fully saturated rings. The van der Waals surface area contributed by atoms with Crippen molar-refractivity contribution < 1.29 is 4.79 Å². The van der Waals surface area contributed by atoms with Gasteiger partial charge in [0.2, 0.25) is 5.91 Å². The average Bonchev–Trinajstić information content (AvgIpc) is 2.35. The van der Waals surface area contributed by atoms with Gasteiger partial charge < -0.3 is 16.4 Å². The lowest BCUT2D eigenvalue weighted by molar-refractivity contribution is -0.122. The van der Waals surface area contributed by atoms with Crippen LogP contribution in [0.25, 0.3) is 0 Å². The topological polar surface area (TPSA) is 75.6 Å². The molecule has 0 aromatic heterocycles. The highest BCUT2D eigenvalue weighted by Crippen LogP contribution is 2.12. The Morgan fingerprint density at radius 2 is 1.79 bits per heavy atom. The van der Waals surface area contributed by atoms with Crippen LogP contribution in [0, 0.1) is 0 Å². The number of amides is 1. The quantitative estimate of drug-likeness (QED) is 0.656. The van der Waals surface area contributed by atoms with E-state index in [4.69, 9.17) is 11.5 Å². The number of carbonyl (C=O) groups excluding carboxylic acids is 1. The van der Waals surface area contributed by atoms with Gasteiger partial charge in [0.15, 0.2) is 0 Å². The van der Waals surface area contributed by atoms with Crippen molar-refractivity contribution in [2.75, 3.05) is 32.7 Å². The summed E-state index contributed by atoms with van der Waals surface area (Å²) >= 11 is 0. The summed E-state index contributed by atoms with van der Waals surface area (Å²) in [6, 6.07) is 0.649. The summed E-state index contributed by atoms with van der Waals surface area (Å²) in [6.07, 6.45) is 2.72. The maximum absolute atomic E-state index is 11.1. The third-order valence-electron chi connectivity index (χ3n) is 4.12. The maximum Gasteiger partial charge on any atom is 0.237 e. The third-order valence-corrected chi connectivity index (χ3v) is 4.12. The number of primary amides is 1. The molecule has 4 N–H and O–H groups in total. The van der Waals surface area contributed by atoms with Crippen molar-refractivity contribution in [2.45, 2.75) is 51.6 Å². The SMILES string of the molecule is CC(C)N1CCN(CCCCC(C)(N)C(N)=O)CC1. The molecular weight excluding hydrogens is 240 g/mol. The first-order valence-electron chi connectivity index (χ1n) is 7.38. The van der Waals surface area contributed by atoms with Crippen LogP contribution in [-0.4, -0.2) is 60.0 Å². The molecule has 1 aliphatic rings. The first-order valence-corrected chi connectivity index (χ1v) is 7.38. The van der Waals surface area contributed by atoms with Crippen molar-refractivity contribution in [1.82, 2.24) is 9.80 Å². The highest BCUT2D eigenvalue weighted by molar-refractivity contribution is 5.83. The Morgan fingerprint density at radius 3 is 2.26 bits per heavy atom. The zero-order valence-electron chi connectivity index (χ0n) is 12.7. The van der Waals surface area contributed by atoms with E-state index in [9.17, 15) is 4.79 Å². The van der Waals surface area contributed by atoms with E-state index in [-0.39, 0.29) is 0 Å². The lowest BCUT2D eigenvalue weighted by atomic mass is 9.95. The standard InChI is InChI=1S/C14H30N4O/c1-12(2)18-10-8-17(9-11-18)7-5-4-6-14(3,16)13(15)19/h12H,4-11,16H2,1-3H3,(H2,15,19). The number of nitrogens with two attached hydrogens (primary N) is 2. The minimum absolute atomic E-state index is 0.405. The number of nitrogens with zero attached hydrogens (tertiary/aromatic N) is 2. The Labute approximate surface area is 117 Å². The lowest BCUT2D eigenvalue weighted by Crippen LogP contribution is -2.50. The van der Waals surface area contributed by atoms with Crippen LogP contribution < -0.4 is 11.5 Å². The number of carbonyl (C=O) groups is 1. The van der Waals surface area contributed by atoms with Crippen LogP contribution in [0.15, 0.2) is 0 Å². The van der Waals surface area contributed by atoms with Crippen LogP contribution in [-0.2, 0) is 4.79 Å². The normalized spacial score (nSPS) is 21.5. The van der Waals surface area contributed by atoms with E-state index in [2.05, 4.69) is 23.6 Å². The molecule has 19 heavy (non-hydrogen) atoms. The van der Waals surface area contributed by atoms with Gasteiger partial charge in [-0.1, -0.05) is 0 Å². The average molecular weight is 270 g/mol. The summed E-state index contributed by atoms with van der Waals surface area (Å²) < 4.78 is 0. The third kappa shape index (κ3) is 5.47. The summed E-state index contributed by atoms with van der Waals surface area (Å²) in [5, 5.41) is 0. The van der Waals surface area contributed by atoms with Crippen molar-refractivity contribution in [3.8, 4) is 0 Å². The molecule has 0 spiro atoms. The number of piperazine rings is 1. The van der Waals surface area contributed by atoms with E-state index >= 15 is 0 Å². The zero-order valence-corrected chi connectivity index (χ0v) is 12.7. The molecule has 0 aromatic carbocycles. The highest BCUT2D eigenvalue weighted by atomic mass is 16.1.